The number of hydrogen-bond acceptors (Lipinski definition) is 5. The van der Waals surface area contributed by atoms with E-state index in [0.717, 1.165) is 0 Å². The molecular weight excluding hydrogens is 228 g/mol. The van der Waals surface area contributed by atoms with Crippen molar-refractivity contribution >= 4 is 17.8 Å². The molecule has 0 spiro atoms. The number of carbonyl (C=O) groups excluding carboxylic acids is 2. The maximum absolute atomic E-state index is 11.3. The molecule has 1 fully saturated rings. The molecule has 0 aliphatic carbocycles. The molecule has 0 aromatic rings. The minimum absolute atomic E-state index is 0.0175. The van der Waals surface area contributed by atoms with Crippen LogP contribution in [0, 0.1) is 0 Å². The number of amides is 1. The third kappa shape index (κ3) is 5.30. The minimum atomic E-state index is -0.878. The summed E-state index contributed by atoms with van der Waals surface area (Å²) >= 11 is 0. The number of aliphatic carboxylic acids is 1. The van der Waals surface area contributed by atoms with E-state index in [4.69, 9.17) is 5.11 Å². The van der Waals surface area contributed by atoms with Crippen LogP contribution in [0.25, 0.3) is 0 Å². The number of carboxylic acid groups (broad SMARTS) is 1. The van der Waals surface area contributed by atoms with E-state index in [1.807, 2.05) is 0 Å². The van der Waals surface area contributed by atoms with Gasteiger partial charge in [-0.15, -0.1) is 0 Å². The van der Waals surface area contributed by atoms with Crippen LogP contribution in [0.5, 0.6) is 0 Å². The van der Waals surface area contributed by atoms with Gasteiger partial charge in [0.05, 0.1) is 6.54 Å². The van der Waals surface area contributed by atoms with Gasteiger partial charge in [-0.25, -0.2) is 0 Å². The molecular formula is C10H16N2O5. The first-order chi connectivity index (χ1) is 7.97. The molecule has 1 rings (SSSR count). The lowest BCUT2D eigenvalue weighted by atomic mass is 10.2. The Morgan fingerprint density at radius 2 is 2.18 bits per heavy atom. The van der Waals surface area contributed by atoms with Crippen LogP contribution in [0.1, 0.15) is 13.3 Å². The van der Waals surface area contributed by atoms with E-state index >= 15 is 0 Å². The quantitative estimate of drug-likeness (QED) is 0.591. The Kier molecular flexibility index (Phi) is 4.89. The summed E-state index contributed by atoms with van der Waals surface area (Å²) in [6.45, 7) is 2.08. The summed E-state index contributed by atoms with van der Waals surface area (Å²) in [7, 11) is 0. The third-order valence-electron chi connectivity index (χ3n) is 2.40. The molecule has 17 heavy (non-hydrogen) atoms. The zero-order valence-corrected chi connectivity index (χ0v) is 9.64. The molecule has 0 saturated carbocycles. The SMILES string of the molecule is CC(=O)OCC(=O)NC1CCN(CC(=O)O)C1. The van der Waals surface area contributed by atoms with Gasteiger partial charge in [0.15, 0.2) is 6.61 Å². The van der Waals surface area contributed by atoms with Crippen molar-refractivity contribution in [1.82, 2.24) is 10.2 Å². The molecule has 0 aromatic heterocycles. The van der Waals surface area contributed by atoms with Crippen LogP contribution in [0.4, 0.5) is 0 Å². The largest absolute Gasteiger partial charge is 0.480 e. The molecule has 0 aromatic carbocycles. The molecule has 1 unspecified atom stereocenters. The average Bonchev–Trinajstić information content (AvgIpc) is 2.61. The summed E-state index contributed by atoms with van der Waals surface area (Å²) in [6, 6.07) is -0.0718. The summed E-state index contributed by atoms with van der Waals surface area (Å²) in [5.74, 6) is -1.74. The number of carboxylic acids is 1. The predicted octanol–water partition coefficient (Wildman–Crippen LogP) is -1.18. The molecule has 0 bridgehead atoms. The van der Waals surface area contributed by atoms with Crippen molar-refractivity contribution in [2.24, 2.45) is 0 Å². The first-order valence-corrected chi connectivity index (χ1v) is 5.34. The normalized spacial score (nSPS) is 19.9. The summed E-state index contributed by atoms with van der Waals surface area (Å²) in [6.07, 6.45) is 0.707. The Labute approximate surface area is 98.7 Å². The Bertz CT molecular complexity index is 318. The third-order valence-corrected chi connectivity index (χ3v) is 2.40. The van der Waals surface area contributed by atoms with Gasteiger partial charge in [-0.1, -0.05) is 0 Å². The van der Waals surface area contributed by atoms with Gasteiger partial charge in [-0.2, -0.15) is 0 Å². The Morgan fingerprint density at radius 1 is 1.47 bits per heavy atom. The van der Waals surface area contributed by atoms with E-state index in [1.165, 1.54) is 6.92 Å². The molecule has 1 heterocycles. The van der Waals surface area contributed by atoms with Gasteiger partial charge >= 0.3 is 11.9 Å². The molecule has 7 heteroatoms. The molecule has 2 N–H and O–H groups in total. The van der Waals surface area contributed by atoms with E-state index < -0.39 is 11.9 Å². The number of hydrogen-bond donors (Lipinski definition) is 2. The highest BCUT2D eigenvalue weighted by atomic mass is 16.5. The van der Waals surface area contributed by atoms with E-state index in [0.29, 0.717) is 19.5 Å². The number of carbonyl (C=O) groups is 3. The lowest BCUT2D eigenvalue weighted by molar-refractivity contribution is -0.146. The van der Waals surface area contributed by atoms with Crippen LogP contribution in [0.3, 0.4) is 0 Å². The van der Waals surface area contributed by atoms with Crippen molar-refractivity contribution in [3.05, 3.63) is 0 Å². The highest BCUT2D eigenvalue weighted by Crippen LogP contribution is 2.08. The summed E-state index contributed by atoms with van der Waals surface area (Å²) in [5, 5.41) is 11.3. The fourth-order valence-corrected chi connectivity index (χ4v) is 1.72. The first kappa shape index (κ1) is 13.4. The smallest absolute Gasteiger partial charge is 0.317 e. The van der Waals surface area contributed by atoms with Crippen molar-refractivity contribution in [3.63, 3.8) is 0 Å². The second-order valence-electron chi connectivity index (χ2n) is 3.96. The van der Waals surface area contributed by atoms with E-state index in [1.54, 1.807) is 4.90 Å². The summed E-state index contributed by atoms with van der Waals surface area (Å²) in [4.78, 5) is 34.0. The number of nitrogens with zero attached hydrogens (tertiary/aromatic N) is 1. The highest BCUT2D eigenvalue weighted by molar-refractivity contribution is 5.80. The molecule has 1 amide bonds. The maximum Gasteiger partial charge on any atom is 0.317 e. The van der Waals surface area contributed by atoms with Crippen LogP contribution in [0.15, 0.2) is 0 Å². The average molecular weight is 244 g/mol. The lowest BCUT2D eigenvalue weighted by Crippen LogP contribution is -2.40. The standard InChI is InChI=1S/C10H16N2O5/c1-7(13)17-6-9(14)11-8-2-3-12(4-8)5-10(15)16/h8H,2-6H2,1H3,(H,11,14)(H,15,16). The second kappa shape index (κ2) is 6.19. The van der Waals surface area contributed by atoms with Crippen LogP contribution >= 0.6 is 0 Å². The predicted molar refractivity (Wildman–Crippen MR) is 57.3 cm³/mol. The second-order valence-corrected chi connectivity index (χ2v) is 3.96. The van der Waals surface area contributed by atoms with Crippen LogP contribution in [-0.4, -0.2) is 60.1 Å². The minimum Gasteiger partial charge on any atom is -0.480 e. The molecule has 96 valence electrons. The van der Waals surface area contributed by atoms with Crippen molar-refractivity contribution < 1.29 is 24.2 Å². The number of ether oxygens (including phenoxy) is 1. The van der Waals surface area contributed by atoms with Crippen molar-refractivity contribution in [2.75, 3.05) is 26.2 Å². The number of esters is 1. The number of nitrogens with one attached hydrogen (secondary N) is 1. The van der Waals surface area contributed by atoms with Gasteiger partial charge in [0.2, 0.25) is 0 Å². The van der Waals surface area contributed by atoms with Crippen molar-refractivity contribution in [2.45, 2.75) is 19.4 Å². The fraction of sp³-hybridized carbons (Fsp3) is 0.700. The highest BCUT2D eigenvalue weighted by Gasteiger charge is 2.25. The zero-order chi connectivity index (χ0) is 12.8. The molecule has 1 saturated heterocycles. The lowest BCUT2D eigenvalue weighted by Gasteiger charge is -2.14. The monoisotopic (exact) mass is 244 g/mol. The van der Waals surface area contributed by atoms with Gasteiger partial charge in [0.25, 0.3) is 5.91 Å². The number of rotatable bonds is 5. The van der Waals surface area contributed by atoms with Crippen LogP contribution in [0.2, 0.25) is 0 Å². The maximum atomic E-state index is 11.3. The van der Waals surface area contributed by atoms with Gasteiger partial charge in [-0.05, 0) is 6.42 Å². The van der Waals surface area contributed by atoms with E-state index in [-0.39, 0.29) is 25.1 Å². The molecule has 1 aliphatic heterocycles. The fourth-order valence-electron chi connectivity index (χ4n) is 1.72. The molecule has 1 atom stereocenters. The van der Waals surface area contributed by atoms with Gasteiger partial charge in [0.1, 0.15) is 0 Å². The summed E-state index contributed by atoms with van der Waals surface area (Å²) < 4.78 is 4.55. The topological polar surface area (TPSA) is 95.9 Å². The van der Waals surface area contributed by atoms with Gasteiger partial charge in [-0.3, -0.25) is 19.3 Å². The van der Waals surface area contributed by atoms with Crippen LogP contribution in [-0.2, 0) is 19.1 Å². The number of likely N-dealkylation sites (tertiary alicyclic amines) is 1. The van der Waals surface area contributed by atoms with Crippen molar-refractivity contribution in [1.29, 1.82) is 0 Å². The Hall–Kier alpha value is -1.63. The van der Waals surface area contributed by atoms with Crippen molar-refractivity contribution in [3.8, 4) is 0 Å². The Balaban J connectivity index is 2.23. The summed E-state index contributed by atoms with van der Waals surface area (Å²) in [5.41, 5.74) is 0. The van der Waals surface area contributed by atoms with Crippen LogP contribution < -0.4 is 5.32 Å². The van der Waals surface area contributed by atoms with Gasteiger partial charge in [0, 0.05) is 26.1 Å². The molecule has 7 nitrogen and oxygen atoms in total. The molecule has 1 aliphatic rings. The van der Waals surface area contributed by atoms with E-state index in [2.05, 4.69) is 10.1 Å². The van der Waals surface area contributed by atoms with E-state index in [9.17, 15) is 14.4 Å². The Morgan fingerprint density at radius 3 is 2.76 bits per heavy atom. The zero-order valence-electron chi connectivity index (χ0n) is 9.64. The van der Waals surface area contributed by atoms with Gasteiger partial charge < -0.3 is 15.2 Å². The first-order valence-electron chi connectivity index (χ1n) is 5.34. The molecule has 0 radical (unpaired) electrons.